The van der Waals surface area contributed by atoms with Crippen molar-refractivity contribution in [2.45, 2.75) is 19.8 Å². The van der Waals surface area contributed by atoms with Gasteiger partial charge in [-0.25, -0.2) is 5.43 Å². The van der Waals surface area contributed by atoms with Crippen LogP contribution in [-0.2, 0) is 9.59 Å². The highest BCUT2D eigenvalue weighted by Crippen LogP contribution is 2.06. The Morgan fingerprint density at radius 3 is 2.48 bits per heavy atom. The predicted molar refractivity (Wildman–Crippen MR) is 91.2 cm³/mol. The van der Waals surface area contributed by atoms with Crippen LogP contribution in [0.3, 0.4) is 0 Å². The lowest BCUT2D eigenvalue weighted by molar-refractivity contribution is -0.124. The average Bonchev–Trinajstić information content (AvgIpc) is 2.54. The van der Waals surface area contributed by atoms with Crippen molar-refractivity contribution in [3.8, 4) is 0 Å². The Hall–Kier alpha value is -2.95. The molecule has 2 amide bonds. The van der Waals surface area contributed by atoms with E-state index in [2.05, 4.69) is 15.8 Å². The summed E-state index contributed by atoms with van der Waals surface area (Å²) in [5.41, 5.74) is 5.17. The maximum atomic E-state index is 11.7. The first kappa shape index (κ1) is 16.4. The molecule has 0 heterocycles. The van der Waals surface area contributed by atoms with E-state index >= 15 is 0 Å². The van der Waals surface area contributed by atoms with Crippen LogP contribution in [0.25, 0.3) is 0 Å². The highest BCUT2D eigenvalue weighted by molar-refractivity contribution is 5.93. The molecule has 5 nitrogen and oxygen atoms in total. The molecule has 0 unspecified atom stereocenters. The summed E-state index contributed by atoms with van der Waals surface area (Å²) in [5.74, 6) is -0.494. The SMILES string of the molecule is Cc1cccc(/C=N\NC(=O)CCC(=O)Nc2ccccc2)c1. The van der Waals surface area contributed by atoms with E-state index < -0.39 is 0 Å². The van der Waals surface area contributed by atoms with Gasteiger partial charge in [0.25, 0.3) is 0 Å². The molecule has 5 heteroatoms. The van der Waals surface area contributed by atoms with Crippen molar-refractivity contribution in [2.75, 3.05) is 5.32 Å². The second-order valence-corrected chi connectivity index (χ2v) is 5.12. The van der Waals surface area contributed by atoms with Gasteiger partial charge in [0.15, 0.2) is 0 Å². The first-order valence-corrected chi connectivity index (χ1v) is 7.37. The molecule has 118 valence electrons. The standard InChI is InChI=1S/C18H19N3O2/c1-14-6-5-7-15(12-14)13-19-21-18(23)11-10-17(22)20-16-8-3-2-4-9-16/h2-9,12-13H,10-11H2,1H3,(H,20,22)(H,21,23)/b19-13-. The van der Waals surface area contributed by atoms with Crippen LogP contribution in [0.4, 0.5) is 5.69 Å². The predicted octanol–water partition coefficient (Wildman–Crippen LogP) is 2.86. The van der Waals surface area contributed by atoms with E-state index in [1.54, 1.807) is 18.3 Å². The summed E-state index contributed by atoms with van der Waals surface area (Å²) < 4.78 is 0. The van der Waals surface area contributed by atoms with Gasteiger partial charge in [-0.1, -0.05) is 48.0 Å². The van der Waals surface area contributed by atoms with Gasteiger partial charge < -0.3 is 5.32 Å². The fourth-order valence-corrected chi connectivity index (χ4v) is 1.96. The molecule has 2 rings (SSSR count). The molecule has 0 aliphatic carbocycles. The van der Waals surface area contributed by atoms with Crippen molar-refractivity contribution in [1.29, 1.82) is 0 Å². The molecule has 0 fully saturated rings. The minimum atomic E-state index is -0.294. The Morgan fingerprint density at radius 1 is 1.00 bits per heavy atom. The third-order valence-electron chi connectivity index (χ3n) is 3.08. The summed E-state index contributed by atoms with van der Waals surface area (Å²) in [6.07, 6.45) is 1.78. The van der Waals surface area contributed by atoms with Crippen LogP contribution in [0, 0.1) is 6.92 Å². The number of hydrogen-bond donors (Lipinski definition) is 2. The van der Waals surface area contributed by atoms with Gasteiger partial charge in [0.05, 0.1) is 6.21 Å². The maximum absolute atomic E-state index is 11.7. The second kappa shape index (κ2) is 8.48. The quantitative estimate of drug-likeness (QED) is 0.636. The van der Waals surface area contributed by atoms with E-state index in [1.165, 1.54) is 0 Å². The molecule has 0 aliphatic rings. The minimum Gasteiger partial charge on any atom is -0.326 e. The van der Waals surface area contributed by atoms with Crippen molar-refractivity contribution >= 4 is 23.7 Å². The molecule has 0 saturated heterocycles. The second-order valence-electron chi connectivity index (χ2n) is 5.12. The number of rotatable bonds is 6. The third kappa shape index (κ3) is 6.13. The molecule has 2 aromatic carbocycles. The number of carbonyl (C=O) groups excluding carboxylic acids is 2. The third-order valence-corrected chi connectivity index (χ3v) is 3.08. The largest absolute Gasteiger partial charge is 0.326 e. The van der Waals surface area contributed by atoms with Gasteiger partial charge in [0, 0.05) is 18.5 Å². The van der Waals surface area contributed by atoms with E-state index in [4.69, 9.17) is 0 Å². The van der Waals surface area contributed by atoms with E-state index in [0.29, 0.717) is 0 Å². The van der Waals surface area contributed by atoms with Crippen LogP contribution < -0.4 is 10.7 Å². The number of carbonyl (C=O) groups is 2. The van der Waals surface area contributed by atoms with Crippen LogP contribution in [0.15, 0.2) is 59.7 Å². The number of nitrogens with zero attached hydrogens (tertiary/aromatic N) is 1. The topological polar surface area (TPSA) is 70.6 Å². The lowest BCUT2D eigenvalue weighted by Crippen LogP contribution is -2.20. The van der Waals surface area contributed by atoms with Gasteiger partial charge in [-0.05, 0) is 24.6 Å². The van der Waals surface area contributed by atoms with Crippen molar-refractivity contribution in [2.24, 2.45) is 5.10 Å². The Labute approximate surface area is 135 Å². The summed E-state index contributed by atoms with van der Waals surface area (Å²) in [5, 5.41) is 6.62. The molecule has 0 aromatic heterocycles. The van der Waals surface area contributed by atoms with Gasteiger partial charge >= 0.3 is 0 Å². The van der Waals surface area contributed by atoms with Gasteiger partial charge in [-0.3, -0.25) is 9.59 Å². The lowest BCUT2D eigenvalue weighted by Gasteiger charge is -2.04. The number of hydrogen-bond acceptors (Lipinski definition) is 3. The Kier molecular flexibility index (Phi) is 6.06. The number of nitrogens with one attached hydrogen (secondary N) is 2. The summed E-state index contributed by atoms with van der Waals surface area (Å²) >= 11 is 0. The number of benzene rings is 2. The lowest BCUT2D eigenvalue weighted by atomic mass is 10.2. The van der Waals surface area contributed by atoms with Crippen LogP contribution in [0.1, 0.15) is 24.0 Å². The summed E-state index contributed by atoms with van der Waals surface area (Å²) in [7, 11) is 0. The fourth-order valence-electron chi connectivity index (χ4n) is 1.96. The summed E-state index contributed by atoms with van der Waals surface area (Å²) in [6, 6.07) is 16.9. The number of amides is 2. The van der Waals surface area contributed by atoms with Crippen molar-refractivity contribution in [1.82, 2.24) is 5.43 Å². The molecular weight excluding hydrogens is 290 g/mol. The minimum absolute atomic E-state index is 0.0871. The molecule has 0 bridgehead atoms. The first-order valence-electron chi connectivity index (χ1n) is 7.37. The number of hydrazone groups is 1. The smallest absolute Gasteiger partial charge is 0.240 e. The van der Waals surface area contributed by atoms with E-state index in [9.17, 15) is 9.59 Å². The zero-order chi connectivity index (χ0) is 16.5. The van der Waals surface area contributed by atoms with Crippen LogP contribution in [-0.4, -0.2) is 18.0 Å². The van der Waals surface area contributed by atoms with Gasteiger partial charge in [0.2, 0.25) is 11.8 Å². The van der Waals surface area contributed by atoms with E-state index in [0.717, 1.165) is 16.8 Å². The molecule has 0 radical (unpaired) electrons. The Morgan fingerprint density at radius 2 is 1.74 bits per heavy atom. The van der Waals surface area contributed by atoms with Crippen LogP contribution in [0.5, 0.6) is 0 Å². The first-order chi connectivity index (χ1) is 11.1. The monoisotopic (exact) mass is 309 g/mol. The molecule has 0 saturated carbocycles. The summed E-state index contributed by atoms with van der Waals surface area (Å²) in [4.78, 5) is 23.4. The zero-order valence-corrected chi connectivity index (χ0v) is 13.0. The average molecular weight is 309 g/mol. The molecule has 2 N–H and O–H groups in total. The van der Waals surface area contributed by atoms with Gasteiger partial charge in [-0.15, -0.1) is 0 Å². The van der Waals surface area contributed by atoms with Crippen molar-refractivity contribution in [3.05, 3.63) is 65.7 Å². The molecule has 0 atom stereocenters. The Bertz CT molecular complexity index is 696. The van der Waals surface area contributed by atoms with Crippen molar-refractivity contribution in [3.63, 3.8) is 0 Å². The Balaban J connectivity index is 1.71. The van der Waals surface area contributed by atoms with Crippen molar-refractivity contribution < 1.29 is 9.59 Å². The fraction of sp³-hybridized carbons (Fsp3) is 0.167. The summed E-state index contributed by atoms with van der Waals surface area (Å²) in [6.45, 7) is 1.99. The normalized spacial score (nSPS) is 10.5. The van der Waals surface area contributed by atoms with Crippen LogP contribution in [0.2, 0.25) is 0 Å². The molecule has 23 heavy (non-hydrogen) atoms. The number of anilines is 1. The molecule has 2 aromatic rings. The highest BCUT2D eigenvalue weighted by atomic mass is 16.2. The van der Waals surface area contributed by atoms with E-state index in [-0.39, 0.29) is 24.7 Å². The number of para-hydroxylation sites is 1. The molecule has 0 spiro atoms. The highest BCUT2D eigenvalue weighted by Gasteiger charge is 2.06. The van der Waals surface area contributed by atoms with Gasteiger partial charge in [0.1, 0.15) is 0 Å². The maximum Gasteiger partial charge on any atom is 0.240 e. The molecule has 0 aliphatic heterocycles. The van der Waals surface area contributed by atoms with Crippen LogP contribution >= 0.6 is 0 Å². The number of aryl methyl sites for hydroxylation is 1. The van der Waals surface area contributed by atoms with Gasteiger partial charge in [-0.2, -0.15) is 5.10 Å². The van der Waals surface area contributed by atoms with E-state index in [1.807, 2.05) is 49.4 Å². The molecular formula is C18H19N3O2. The zero-order valence-electron chi connectivity index (χ0n) is 13.0.